The van der Waals surface area contributed by atoms with Gasteiger partial charge >= 0.3 is 6.09 Å². The highest BCUT2D eigenvalue weighted by molar-refractivity contribution is 5.94. The van der Waals surface area contributed by atoms with Gasteiger partial charge in [0, 0.05) is 30.9 Å². The summed E-state index contributed by atoms with van der Waals surface area (Å²) in [6.07, 6.45) is 8.12. The number of hydrogen-bond acceptors (Lipinski definition) is 9. The SMILES string of the molecule is Cc1ncoc1COc1ccc2c(c1)CN(C(=O)OC(C)(C)C)[C@H]([C@H](O)CNC(=O)c1ccnc(NC3CC4(CCC4)C3)c1)C2. The lowest BCUT2D eigenvalue weighted by molar-refractivity contribution is -0.0113. The number of nitrogens with one attached hydrogen (secondary N) is 2. The van der Waals surface area contributed by atoms with Gasteiger partial charge in [0.05, 0.1) is 17.8 Å². The molecule has 0 radical (unpaired) electrons. The van der Waals surface area contributed by atoms with Crippen molar-refractivity contribution in [1.29, 1.82) is 0 Å². The summed E-state index contributed by atoms with van der Waals surface area (Å²) in [5, 5.41) is 17.7. The number of anilines is 1. The van der Waals surface area contributed by atoms with Crippen molar-refractivity contribution in [3.8, 4) is 5.75 Å². The highest BCUT2D eigenvalue weighted by Gasteiger charge is 2.48. The van der Waals surface area contributed by atoms with Crippen LogP contribution in [-0.2, 0) is 24.3 Å². The van der Waals surface area contributed by atoms with Crippen LogP contribution in [0.1, 0.15) is 85.8 Å². The molecule has 3 N–H and O–H groups in total. The lowest BCUT2D eigenvalue weighted by Crippen LogP contribution is -2.54. The lowest BCUT2D eigenvalue weighted by atomic mass is 9.54. The van der Waals surface area contributed by atoms with Crippen LogP contribution in [0.15, 0.2) is 47.3 Å². The zero-order valence-corrected chi connectivity index (χ0v) is 26.5. The van der Waals surface area contributed by atoms with E-state index in [4.69, 9.17) is 13.9 Å². The average Bonchev–Trinajstić information content (AvgIpc) is 3.38. The van der Waals surface area contributed by atoms with E-state index in [2.05, 4.69) is 20.6 Å². The van der Waals surface area contributed by atoms with Crippen molar-refractivity contribution in [1.82, 2.24) is 20.2 Å². The maximum Gasteiger partial charge on any atom is 0.410 e. The number of aliphatic hydroxyl groups excluding tert-OH is 1. The summed E-state index contributed by atoms with van der Waals surface area (Å²) >= 11 is 0. The summed E-state index contributed by atoms with van der Waals surface area (Å²) in [5.74, 6) is 1.65. The average molecular weight is 618 g/mol. The number of nitrogens with zero attached hydrogens (tertiary/aromatic N) is 3. The molecule has 6 rings (SSSR count). The first-order valence-electron chi connectivity index (χ1n) is 15.8. The summed E-state index contributed by atoms with van der Waals surface area (Å²) in [6, 6.07) is 8.91. The molecular formula is C34H43N5O6. The van der Waals surface area contributed by atoms with Crippen molar-refractivity contribution < 1.29 is 28.6 Å². The predicted octanol–water partition coefficient (Wildman–Crippen LogP) is 5.15. The minimum atomic E-state index is -1.03. The molecule has 2 aliphatic carbocycles. The largest absolute Gasteiger partial charge is 0.486 e. The Morgan fingerprint density at radius 1 is 1.16 bits per heavy atom. The Kier molecular flexibility index (Phi) is 8.47. The topological polar surface area (TPSA) is 139 Å². The van der Waals surface area contributed by atoms with Gasteiger partial charge in [-0.1, -0.05) is 12.5 Å². The van der Waals surface area contributed by atoms with E-state index in [0.717, 1.165) is 29.7 Å². The summed E-state index contributed by atoms with van der Waals surface area (Å²) in [6.45, 7) is 7.69. The summed E-state index contributed by atoms with van der Waals surface area (Å²) in [7, 11) is 0. The molecule has 2 aromatic heterocycles. The standard InChI is InChI=1S/C34H43N5O6/c1-21-29(44-20-37-21)19-43-26-7-6-22-13-27(39(18-24(22)12-26)32(42)45-33(2,3)4)28(40)17-36-31(41)23-8-11-35-30(14-23)38-25-15-34(16-25)9-5-10-34/h6-8,11-12,14,20,25,27-28,40H,5,9-10,13,15-19H2,1-4H3,(H,35,38)(H,36,41)/t27-,28+/m0/s1. The fourth-order valence-electron chi connectivity index (χ4n) is 6.62. The molecule has 0 unspecified atom stereocenters. The molecule has 11 heteroatoms. The Morgan fingerprint density at radius 2 is 1.96 bits per heavy atom. The van der Waals surface area contributed by atoms with Gasteiger partial charge in [0.15, 0.2) is 12.2 Å². The molecule has 0 saturated heterocycles. The number of ether oxygens (including phenoxy) is 2. The second-order valence-corrected chi connectivity index (χ2v) is 13.8. The first kappa shape index (κ1) is 30.9. The fraction of sp³-hybridized carbons (Fsp3) is 0.529. The number of carbonyl (C=O) groups excluding carboxylic acids is 2. The summed E-state index contributed by atoms with van der Waals surface area (Å²) in [4.78, 5) is 36.5. The molecule has 3 aliphatic rings. The first-order chi connectivity index (χ1) is 21.5. The molecule has 1 spiro atoms. The van der Waals surface area contributed by atoms with E-state index in [1.807, 2.05) is 25.1 Å². The van der Waals surface area contributed by atoms with Gasteiger partial charge in [-0.15, -0.1) is 0 Å². The molecule has 3 heterocycles. The second kappa shape index (κ2) is 12.3. The second-order valence-electron chi connectivity index (χ2n) is 13.8. The quantitative estimate of drug-likeness (QED) is 0.297. The van der Waals surface area contributed by atoms with Crippen LogP contribution in [0.4, 0.5) is 10.6 Å². The Hall–Kier alpha value is -4.12. The molecule has 2 saturated carbocycles. The number of oxazole rings is 1. The van der Waals surface area contributed by atoms with E-state index >= 15 is 0 Å². The van der Waals surface area contributed by atoms with Crippen molar-refractivity contribution >= 4 is 17.8 Å². The predicted molar refractivity (Wildman–Crippen MR) is 167 cm³/mol. The van der Waals surface area contributed by atoms with Crippen LogP contribution in [0, 0.1) is 12.3 Å². The zero-order valence-electron chi connectivity index (χ0n) is 26.5. The number of amides is 2. The molecule has 45 heavy (non-hydrogen) atoms. The van der Waals surface area contributed by atoms with Crippen LogP contribution < -0.4 is 15.4 Å². The maximum atomic E-state index is 13.4. The zero-order chi connectivity index (χ0) is 31.8. The maximum absolute atomic E-state index is 13.4. The van der Waals surface area contributed by atoms with Crippen molar-refractivity contribution in [2.75, 3.05) is 11.9 Å². The molecule has 240 valence electrons. The van der Waals surface area contributed by atoms with Crippen LogP contribution in [0.3, 0.4) is 0 Å². The molecule has 2 fully saturated rings. The third-order valence-corrected chi connectivity index (χ3v) is 9.25. The van der Waals surface area contributed by atoms with Crippen molar-refractivity contribution in [2.45, 2.75) is 103 Å². The fourth-order valence-corrected chi connectivity index (χ4v) is 6.62. The third kappa shape index (κ3) is 7.08. The van der Waals surface area contributed by atoms with Crippen LogP contribution >= 0.6 is 0 Å². The highest BCUT2D eigenvalue weighted by Crippen LogP contribution is 2.56. The summed E-state index contributed by atoms with van der Waals surface area (Å²) < 4.78 is 17.0. The van der Waals surface area contributed by atoms with E-state index in [9.17, 15) is 14.7 Å². The van der Waals surface area contributed by atoms with Gasteiger partial charge in [0.2, 0.25) is 0 Å². The Bertz CT molecular complexity index is 1540. The monoisotopic (exact) mass is 617 g/mol. The van der Waals surface area contributed by atoms with Gasteiger partial charge in [-0.05, 0) is 101 Å². The normalized spacial score (nSPS) is 19.6. The number of carbonyl (C=O) groups is 2. The van der Waals surface area contributed by atoms with Gasteiger partial charge in [0.1, 0.15) is 23.8 Å². The van der Waals surface area contributed by atoms with E-state index in [1.54, 1.807) is 39.1 Å². The van der Waals surface area contributed by atoms with Gasteiger partial charge in [-0.3, -0.25) is 9.69 Å². The number of benzene rings is 1. The number of hydrogen-bond donors (Lipinski definition) is 3. The van der Waals surface area contributed by atoms with E-state index in [0.29, 0.717) is 40.8 Å². The molecule has 2 amide bonds. The summed E-state index contributed by atoms with van der Waals surface area (Å²) in [5.41, 5.74) is 2.94. The van der Waals surface area contributed by atoms with Crippen LogP contribution in [0.5, 0.6) is 5.75 Å². The minimum Gasteiger partial charge on any atom is -0.486 e. The molecule has 3 aromatic rings. The molecule has 11 nitrogen and oxygen atoms in total. The highest BCUT2D eigenvalue weighted by atomic mass is 16.6. The van der Waals surface area contributed by atoms with Crippen LogP contribution in [-0.4, -0.2) is 62.3 Å². The first-order valence-corrected chi connectivity index (χ1v) is 15.8. The number of aryl methyl sites for hydroxylation is 1. The van der Waals surface area contributed by atoms with E-state index in [1.165, 1.54) is 30.6 Å². The van der Waals surface area contributed by atoms with Crippen molar-refractivity contribution in [3.05, 3.63) is 71.1 Å². The number of aromatic nitrogens is 2. The van der Waals surface area contributed by atoms with Crippen molar-refractivity contribution in [3.63, 3.8) is 0 Å². The minimum absolute atomic E-state index is 0.0356. The van der Waals surface area contributed by atoms with Crippen molar-refractivity contribution in [2.24, 2.45) is 5.41 Å². The number of rotatable bonds is 9. The molecule has 1 aliphatic heterocycles. The lowest BCUT2D eigenvalue weighted by Gasteiger charge is -2.54. The molecular weight excluding hydrogens is 574 g/mol. The van der Waals surface area contributed by atoms with Gasteiger partial charge < -0.3 is 29.6 Å². The van der Waals surface area contributed by atoms with E-state index in [-0.39, 0.29) is 25.6 Å². The van der Waals surface area contributed by atoms with E-state index < -0.39 is 23.8 Å². The number of aliphatic hydroxyl groups is 1. The van der Waals surface area contributed by atoms with Gasteiger partial charge in [0.25, 0.3) is 5.91 Å². The Morgan fingerprint density at radius 3 is 2.64 bits per heavy atom. The third-order valence-electron chi connectivity index (χ3n) is 9.25. The molecule has 2 atom stereocenters. The Labute approximate surface area is 263 Å². The molecule has 1 aromatic carbocycles. The molecule has 0 bridgehead atoms. The number of pyridine rings is 1. The smallest absolute Gasteiger partial charge is 0.410 e. The van der Waals surface area contributed by atoms with Crippen LogP contribution in [0.25, 0.3) is 0 Å². The van der Waals surface area contributed by atoms with Gasteiger partial charge in [-0.25, -0.2) is 14.8 Å². The van der Waals surface area contributed by atoms with Crippen LogP contribution in [0.2, 0.25) is 0 Å². The number of fused-ring (bicyclic) bond motifs is 1. The Balaban J connectivity index is 1.10. The van der Waals surface area contributed by atoms with Gasteiger partial charge in [-0.2, -0.15) is 0 Å².